The highest BCUT2D eigenvalue weighted by Crippen LogP contribution is 2.37. The molecule has 2 aromatic heterocycles. The minimum Gasteiger partial charge on any atom is -0.378 e. The van der Waals surface area contributed by atoms with Gasteiger partial charge in [-0.25, -0.2) is 28.2 Å². The second-order valence-corrected chi connectivity index (χ2v) is 12.1. The molecule has 4 rings (SSSR count). The predicted octanol–water partition coefficient (Wildman–Crippen LogP) is 3.21. The van der Waals surface area contributed by atoms with Gasteiger partial charge in [0, 0.05) is 48.5 Å². The molecule has 1 aliphatic rings. The lowest BCUT2D eigenvalue weighted by atomic mass is 10.1. The highest BCUT2D eigenvalue weighted by Gasteiger charge is 2.41. The van der Waals surface area contributed by atoms with E-state index in [1.165, 1.54) is 0 Å². The van der Waals surface area contributed by atoms with Gasteiger partial charge in [-0.05, 0) is 45.0 Å². The van der Waals surface area contributed by atoms with Crippen LogP contribution in [0, 0.1) is 6.92 Å². The van der Waals surface area contributed by atoms with Crippen molar-refractivity contribution in [3.05, 3.63) is 47.1 Å². The van der Waals surface area contributed by atoms with Gasteiger partial charge in [0.1, 0.15) is 10.6 Å². The molecule has 12 heteroatoms. The molecular formula is C23H28N6O4S2. The van der Waals surface area contributed by atoms with Crippen LogP contribution in [0.25, 0.3) is 11.4 Å². The fourth-order valence-electron chi connectivity index (χ4n) is 3.53. The number of morpholine rings is 1. The maximum absolute atomic E-state index is 13.6. The van der Waals surface area contributed by atoms with E-state index in [1.807, 2.05) is 0 Å². The zero-order valence-electron chi connectivity index (χ0n) is 20.0. The minimum absolute atomic E-state index is 0.0673. The third kappa shape index (κ3) is 5.14. The summed E-state index contributed by atoms with van der Waals surface area (Å²) >= 11 is 1.11. The smallest absolute Gasteiger partial charge is 0.318 e. The Kier molecular flexibility index (Phi) is 7.06. The van der Waals surface area contributed by atoms with Crippen LogP contribution in [0.1, 0.15) is 25.2 Å². The Labute approximate surface area is 208 Å². The number of hydrogen-bond acceptors (Lipinski definition) is 9. The Morgan fingerprint density at radius 3 is 2.40 bits per heavy atom. The molecule has 1 fully saturated rings. The average molecular weight is 517 g/mol. The summed E-state index contributed by atoms with van der Waals surface area (Å²) in [7, 11) is -2.28. The lowest BCUT2D eigenvalue weighted by Crippen LogP contribution is -2.37. The third-order valence-corrected chi connectivity index (χ3v) is 9.59. The number of benzene rings is 1. The molecule has 1 saturated heterocycles. The molecule has 0 aliphatic carbocycles. The van der Waals surface area contributed by atoms with E-state index in [-0.39, 0.29) is 10.4 Å². The highest BCUT2D eigenvalue weighted by molar-refractivity contribution is 7.94. The second kappa shape index (κ2) is 9.88. The maximum atomic E-state index is 13.6. The first-order chi connectivity index (χ1) is 16.6. The molecule has 3 heterocycles. The molecular weight excluding hydrogens is 488 g/mol. The fraction of sp³-hybridized carbons (Fsp3) is 0.391. The van der Waals surface area contributed by atoms with Crippen LogP contribution in [0.15, 0.2) is 40.1 Å². The summed E-state index contributed by atoms with van der Waals surface area (Å²) in [6.45, 7) is 7.47. The number of hydrogen-bond donors (Lipinski definition) is 2. The summed E-state index contributed by atoms with van der Waals surface area (Å²) in [5, 5.41) is 6.94. The molecule has 35 heavy (non-hydrogen) atoms. The number of nitrogens with zero attached hydrogens (tertiary/aromatic N) is 4. The summed E-state index contributed by atoms with van der Waals surface area (Å²) in [4.78, 5) is 27.4. The summed E-state index contributed by atoms with van der Waals surface area (Å²) in [5.74, 6) is 1.04. The van der Waals surface area contributed by atoms with Gasteiger partial charge >= 0.3 is 6.03 Å². The van der Waals surface area contributed by atoms with Gasteiger partial charge in [0.15, 0.2) is 5.82 Å². The number of carbonyl (C=O) groups is 1. The summed E-state index contributed by atoms with van der Waals surface area (Å²) in [5.41, 5.74) is 2.35. The molecule has 2 amide bonds. The molecule has 0 radical (unpaired) electrons. The zero-order valence-corrected chi connectivity index (χ0v) is 21.7. The number of aromatic nitrogens is 3. The summed E-state index contributed by atoms with van der Waals surface area (Å²) in [6.07, 6.45) is 0. The van der Waals surface area contributed by atoms with Crippen molar-refractivity contribution < 1.29 is 17.9 Å². The number of sulfone groups is 1. The number of amides is 2. The SMILES string of the molecule is CNC(=O)Nc1ccc(-c2nc(N3CCOCC3)cc(C(C)(C)S(=O)(=O)c3nc(C)cs3)n2)cc1. The topological polar surface area (TPSA) is 126 Å². The van der Waals surface area contributed by atoms with Crippen molar-refractivity contribution in [2.24, 2.45) is 0 Å². The van der Waals surface area contributed by atoms with Gasteiger partial charge in [-0.2, -0.15) is 0 Å². The molecule has 0 bridgehead atoms. The van der Waals surface area contributed by atoms with E-state index < -0.39 is 14.6 Å². The second-order valence-electron chi connectivity index (χ2n) is 8.58. The molecule has 186 valence electrons. The first-order valence-electron chi connectivity index (χ1n) is 11.1. The van der Waals surface area contributed by atoms with Crippen molar-refractivity contribution in [2.75, 3.05) is 43.6 Å². The normalized spacial score (nSPS) is 14.6. The van der Waals surface area contributed by atoms with E-state index in [0.29, 0.717) is 60.6 Å². The summed E-state index contributed by atoms with van der Waals surface area (Å²) in [6, 6.07) is 8.49. The van der Waals surface area contributed by atoms with E-state index in [0.717, 1.165) is 11.3 Å². The number of thiazole rings is 1. The summed E-state index contributed by atoms with van der Waals surface area (Å²) < 4.78 is 31.4. The maximum Gasteiger partial charge on any atom is 0.318 e. The van der Waals surface area contributed by atoms with Gasteiger partial charge in [-0.15, -0.1) is 11.3 Å². The van der Waals surface area contributed by atoms with Crippen LogP contribution < -0.4 is 15.5 Å². The van der Waals surface area contributed by atoms with Gasteiger partial charge in [0.25, 0.3) is 0 Å². The molecule has 3 aromatic rings. The first-order valence-corrected chi connectivity index (χ1v) is 13.5. The van der Waals surface area contributed by atoms with Crippen molar-refractivity contribution >= 4 is 38.7 Å². The predicted molar refractivity (Wildman–Crippen MR) is 136 cm³/mol. The van der Waals surface area contributed by atoms with E-state index in [2.05, 4.69) is 20.5 Å². The van der Waals surface area contributed by atoms with Crippen molar-refractivity contribution in [1.29, 1.82) is 0 Å². The number of urea groups is 1. The molecule has 0 saturated carbocycles. The molecule has 1 aromatic carbocycles. The number of rotatable bonds is 6. The van der Waals surface area contributed by atoms with Crippen LogP contribution in [0.2, 0.25) is 0 Å². The van der Waals surface area contributed by atoms with Crippen molar-refractivity contribution in [1.82, 2.24) is 20.3 Å². The number of anilines is 2. The van der Waals surface area contributed by atoms with Crippen LogP contribution in [0.4, 0.5) is 16.3 Å². The van der Waals surface area contributed by atoms with Gasteiger partial charge in [-0.3, -0.25) is 0 Å². The average Bonchev–Trinajstić information content (AvgIpc) is 3.31. The number of carbonyl (C=O) groups excluding carboxylic acids is 1. The molecule has 0 spiro atoms. The quantitative estimate of drug-likeness (QED) is 0.511. The van der Waals surface area contributed by atoms with Gasteiger partial charge in [-0.1, -0.05) is 0 Å². The van der Waals surface area contributed by atoms with E-state index in [1.54, 1.807) is 63.5 Å². The van der Waals surface area contributed by atoms with Crippen LogP contribution in [-0.4, -0.2) is 62.8 Å². The van der Waals surface area contributed by atoms with Crippen molar-refractivity contribution in [2.45, 2.75) is 29.9 Å². The van der Waals surface area contributed by atoms with E-state index >= 15 is 0 Å². The first kappa shape index (κ1) is 25.0. The van der Waals surface area contributed by atoms with Gasteiger partial charge in [0.05, 0.1) is 18.9 Å². The van der Waals surface area contributed by atoms with Crippen LogP contribution in [0.5, 0.6) is 0 Å². The van der Waals surface area contributed by atoms with Gasteiger partial charge in [0.2, 0.25) is 14.2 Å². The molecule has 2 N–H and O–H groups in total. The Bertz CT molecular complexity index is 1320. The fourth-order valence-corrected chi connectivity index (χ4v) is 6.41. The Hall–Kier alpha value is -3.09. The monoisotopic (exact) mass is 516 g/mol. The Balaban J connectivity index is 1.78. The van der Waals surface area contributed by atoms with Crippen LogP contribution in [0.3, 0.4) is 0 Å². The number of nitrogens with one attached hydrogen (secondary N) is 2. The van der Waals surface area contributed by atoms with Crippen LogP contribution in [-0.2, 0) is 19.3 Å². The lowest BCUT2D eigenvalue weighted by Gasteiger charge is -2.30. The highest BCUT2D eigenvalue weighted by atomic mass is 32.2. The zero-order chi connectivity index (χ0) is 25.2. The van der Waals surface area contributed by atoms with E-state index in [9.17, 15) is 13.2 Å². The van der Waals surface area contributed by atoms with Crippen molar-refractivity contribution in [3.8, 4) is 11.4 Å². The lowest BCUT2D eigenvalue weighted by molar-refractivity contribution is 0.122. The molecule has 1 aliphatic heterocycles. The number of aryl methyl sites for hydroxylation is 1. The number of ether oxygens (including phenoxy) is 1. The molecule has 0 atom stereocenters. The van der Waals surface area contributed by atoms with E-state index in [4.69, 9.17) is 14.7 Å². The molecule has 10 nitrogen and oxygen atoms in total. The Morgan fingerprint density at radius 2 is 1.80 bits per heavy atom. The Morgan fingerprint density at radius 1 is 1.11 bits per heavy atom. The van der Waals surface area contributed by atoms with Crippen LogP contribution >= 0.6 is 11.3 Å². The minimum atomic E-state index is -3.82. The third-order valence-electron chi connectivity index (χ3n) is 5.79. The largest absolute Gasteiger partial charge is 0.378 e. The van der Waals surface area contributed by atoms with Gasteiger partial charge < -0.3 is 20.3 Å². The standard InChI is InChI=1S/C23H28N6O4S2/c1-15-14-34-22(25-15)35(31,32)23(2,3)18-13-19(29-9-11-33-12-10-29)28-20(27-18)16-5-7-17(8-6-16)26-21(30)24-4/h5-8,13-14H,9-12H2,1-4H3,(H2,24,26,30). The molecule has 0 unspecified atom stereocenters. The van der Waals surface area contributed by atoms with Crippen molar-refractivity contribution in [3.63, 3.8) is 0 Å².